The van der Waals surface area contributed by atoms with E-state index >= 15 is 4.39 Å². The van der Waals surface area contributed by atoms with Gasteiger partial charge in [-0.25, -0.2) is 14.4 Å². The maximum Gasteiger partial charge on any atom is 0.270 e. The molecule has 9 heteroatoms. The minimum atomic E-state index is -2.57. The van der Waals surface area contributed by atoms with Gasteiger partial charge in [0.15, 0.2) is 5.82 Å². The Bertz CT molecular complexity index is 1290. The largest absolute Gasteiger partial charge is 0.368 e. The van der Waals surface area contributed by atoms with Crippen LogP contribution < -0.4 is 15.8 Å². The molecule has 2 aromatic heterocycles. The maximum atomic E-state index is 15.2. The molecule has 1 aliphatic rings. The molecule has 0 atom stereocenters. The van der Waals surface area contributed by atoms with Crippen LogP contribution >= 0.6 is 0 Å². The zero-order chi connectivity index (χ0) is 25.3. The molecule has 168 valence electrons. The number of benzene rings is 1. The molecule has 0 saturated carbocycles. The van der Waals surface area contributed by atoms with Crippen LogP contribution in [-0.4, -0.2) is 58.9 Å². The monoisotopic (exact) mass is 441 g/mol. The number of nitrogens with one attached hydrogen (secondary N) is 2. The van der Waals surface area contributed by atoms with Gasteiger partial charge in [0.1, 0.15) is 16.9 Å². The zero-order valence-corrected chi connectivity index (χ0v) is 18.0. The van der Waals surface area contributed by atoms with Gasteiger partial charge in [0.05, 0.1) is 17.4 Å². The Balaban J connectivity index is 1.39. The predicted octanol–water partition coefficient (Wildman–Crippen LogP) is 2.26. The summed E-state index contributed by atoms with van der Waals surface area (Å²) in [5.41, 5.74) is 1.92. The van der Waals surface area contributed by atoms with Gasteiger partial charge in [0.25, 0.3) is 11.5 Å². The molecule has 3 aromatic rings. The molecular formula is C23H27FN6O2. The number of carbonyl (C=O) groups is 1. The van der Waals surface area contributed by atoms with Crippen molar-refractivity contribution in [3.8, 4) is 0 Å². The quantitative estimate of drug-likeness (QED) is 0.631. The van der Waals surface area contributed by atoms with Crippen LogP contribution in [0, 0.1) is 5.82 Å². The lowest BCUT2D eigenvalue weighted by molar-refractivity contribution is 0.0958. The van der Waals surface area contributed by atoms with Crippen molar-refractivity contribution in [1.82, 2.24) is 25.2 Å². The molecule has 0 unspecified atom stereocenters. The summed E-state index contributed by atoms with van der Waals surface area (Å²) in [4.78, 5) is 39.5. The highest BCUT2D eigenvalue weighted by Crippen LogP contribution is 2.22. The fourth-order valence-corrected chi connectivity index (χ4v) is 3.87. The van der Waals surface area contributed by atoms with E-state index in [1.807, 2.05) is 19.2 Å². The molecule has 0 spiro atoms. The second kappa shape index (κ2) is 9.04. The van der Waals surface area contributed by atoms with Gasteiger partial charge < -0.3 is 15.2 Å². The first-order chi connectivity index (χ1) is 16.5. The number of piperazine rings is 1. The first-order valence-corrected chi connectivity index (χ1v) is 10.5. The molecule has 1 fully saturated rings. The number of aromatic amines is 1. The van der Waals surface area contributed by atoms with E-state index < -0.39 is 18.7 Å². The van der Waals surface area contributed by atoms with E-state index in [1.54, 1.807) is 24.4 Å². The highest BCUT2D eigenvalue weighted by molar-refractivity contribution is 5.92. The summed E-state index contributed by atoms with van der Waals surface area (Å²) in [6, 6.07) is 6.68. The Morgan fingerprint density at radius 1 is 1.25 bits per heavy atom. The first kappa shape index (κ1) is 18.3. The Morgan fingerprint density at radius 3 is 2.69 bits per heavy atom. The highest BCUT2D eigenvalue weighted by Gasteiger charge is 2.20. The van der Waals surface area contributed by atoms with Crippen LogP contribution in [0.25, 0.3) is 11.0 Å². The van der Waals surface area contributed by atoms with Crippen LogP contribution in [0.2, 0.25) is 0 Å². The van der Waals surface area contributed by atoms with Crippen molar-refractivity contribution >= 4 is 22.6 Å². The van der Waals surface area contributed by atoms with Crippen molar-refractivity contribution < 1.29 is 13.3 Å². The van der Waals surface area contributed by atoms with E-state index in [0.29, 0.717) is 49.5 Å². The predicted molar refractivity (Wildman–Crippen MR) is 122 cm³/mol. The molecule has 8 nitrogen and oxygen atoms in total. The second-order valence-corrected chi connectivity index (χ2v) is 8.16. The Morgan fingerprint density at radius 2 is 2.03 bits per heavy atom. The van der Waals surface area contributed by atoms with Gasteiger partial charge in [-0.2, -0.15) is 0 Å². The Labute approximate surface area is 189 Å². The molecule has 1 saturated heterocycles. The third-order valence-corrected chi connectivity index (χ3v) is 5.68. The average molecular weight is 442 g/mol. The van der Waals surface area contributed by atoms with E-state index in [4.69, 9.17) is 4.11 Å². The van der Waals surface area contributed by atoms with E-state index in [-0.39, 0.29) is 22.7 Å². The SMILES string of the molecule is [2H]C([2H])([2H])NC(=O)c1ccc(N2CCN(Cc3ccc4nc(C(C)C)c(=O)[nH]c4c3F)CC2)cn1. The van der Waals surface area contributed by atoms with E-state index in [2.05, 4.69) is 24.8 Å². The number of carbonyl (C=O) groups excluding carboxylic acids is 1. The maximum absolute atomic E-state index is 15.2. The number of pyridine rings is 1. The number of hydrogen-bond acceptors (Lipinski definition) is 6. The Hall–Kier alpha value is -3.33. The molecular weight excluding hydrogens is 411 g/mol. The molecule has 2 N–H and O–H groups in total. The number of rotatable bonds is 5. The lowest BCUT2D eigenvalue weighted by atomic mass is 10.1. The molecule has 32 heavy (non-hydrogen) atoms. The zero-order valence-electron chi connectivity index (χ0n) is 21.0. The molecule has 0 bridgehead atoms. The van der Waals surface area contributed by atoms with Crippen molar-refractivity contribution in [2.45, 2.75) is 26.3 Å². The van der Waals surface area contributed by atoms with Gasteiger partial charge in [-0.1, -0.05) is 19.9 Å². The minimum absolute atomic E-state index is 0.0309. The van der Waals surface area contributed by atoms with Crippen molar-refractivity contribution in [3.05, 3.63) is 63.6 Å². The van der Waals surface area contributed by atoms with Crippen LogP contribution in [-0.2, 0) is 6.54 Å². The lowest BCUT2D eigenvalue weighted by Gasteiger charge is -2.36. The van der Waals surface area contributed by atoms with Gasteiger partial charge in [-0.05, 0) is 18.2 Å². The smallest absolute Gasteiger partial charge is 0.270 e. The molecule has 0 aliphatic carbocycles. The van der Waals surface area contributed by atoms with Crippen LogP contribution in [0.5, 0.6) is 0 Å². The summed E-state index contributed by atoms with van der Waals surface area (Å²) in [7, 11) is 0. The second-order valence-electron chi connectivity index (χ2n) is 8.16. The average Bonchev–Trinajstić information content (AvgIpc) is 2.80. The van der Waals surface area contributed by atoms with Crippen LogP contribution in [0.1, 0.15) is 45.6 Å². The topological polar surface area (TPSA) is 94.2 Å². The van der Waals surface area contributed by atoms with E-state index in [0.717, 1.165) is 5.69 Å². The van der Waals surface area contributed by atoms with Crippen LogP contribution in [0.4, 0.5) is 10.1 Å². The molecule has 1 aromatic carbocycles. The normalized spacial score (nSPS) is 16.6. The van der Waals surface area contributed by atoms with Crippen molar-refractivity contribution in [3.63, 3.8) is 0 Å². The standard InChI is InChI=1S/C23H27FN6O2/c1-14(2)20-23(32)28-21-17(27-20)6-4-15(19(21)24)13-29-8-10-30(11-9-29)16-5-7-18(26-12-16)22(31)25-3/h4-7,12,14H,8-11,13H2,1-3H3,(H,25,31)(H,28,32)/i3D3. The summed E-state index contributed by atoms with van der Waals surface area (Å²) in [5.74, 6) is -1.27. The molecule has 1 amide bonds. The third kappa shape index (κ3) is 4.34. The molecule has 1 aliphatic heterocycles. The van der Waals surface area contributed by atoms with Crippen molar-refractivity contribution in [2.75, 3.05) is 38.1 Å². The number of fused-ring (bicyclic) bond motifs is 1. The molecule has 0 radical (unpaired) electrons. The molecule has 4 rings (SSSR count). The number of nitrogens with zero attached hydrogens (tertiary/aromatic N) is 4. The van der Waals surface area contributed by atoms with Crippen molar-refractivity contribution in [1.29, 1.82) is 0 Å². The summed E-state index contributed by atoms with van der Waals surface area (Å²) in [6.07, 6.45) is 1.54. The lowest BCUT2D eigenvalue weighted by Crippen LogP contribution is -2.46. The summed E-state index contributed by atoms with van der Waals surface area (Å²) in [5, 5.41) is 1.91. The number of hydrogen-bond donors (Lipinski definition) is 2. The number of H-pyrrole nitrogens is 1. The summed E-state index contributed by atoms with van der Waals surface area (Å²) in [6.45, 7) is 4.28. The van der Waals surface area contributed by atoms with Crippen LogP contribution in [0.3, 0.4) is 0 Å². The van der Waals surface area contributed by atoms with Gasteiger partial charge in [-0.3, -0.25) is 14.5 Å². The summed E-state index contributed by atoms with van der Waals surface area (Å²) >= 11 is 0. The van der Waals surface area contributed by atoms with Gasteiger partial charge in [0, 0.05) is 55.3 Å². The minimum Gasteiger partial charge on any atom is -0.368 e. The van der Waals surface area contributed by atoms with Gasteiger partial charge >= 0.3 is 0 Å². The van der Waals surface area contributed by atoms with Crippen LogP contribution in [0.15, 0.2) is 35.3 Å². The summed E-state index contributed by atoms with van der Waals surface area (Å²) < 4.78 is 36.5. The first-order valence-electron chi connectivity index (χ1n) is 12.0. The fourth-order valence-electron chi connectivity index (χ4n) is 3.87. The van der Waals surface area contributed by atoms with E-state index in [9.17, 15) is 9.59 Å². The number of amides is 1. The third-order valence-electron chi connectivity index (χ3n) is 5.68. The fraction of sp³-hybridized carbons (Fsp3) is 0.391. The van der Waals surface area contributed by atoms with E-state index in [1.165, 1.54) is 6.07 Å². The van der Waals surface area contributed by atoms with Gasteiger partial charge in [0.2, 0.25) is 0 Å². The van der Waals surface area contributed by atoms with Gasteiger partial charge in [-0.15, -0.1) is 0 Å². The Kier molecular flexibility index (Phi) is 5.16. The molecule has 3 heterocycles. The number of aromatic nitrogens is 3. The van der Waals surface area contributed by atoms with Crippen molar-refractivity contribution in [2.24, 2.45) is 0 Å². The number of halogens is 1. The number of anilines is 1. The highest BCUT2D eigenvalue weighted by atomic mass is 19.1.